The minimum Gasteiger partial charge on any atom is -0.284 e. The van der Waals surface area contributed by atoms with Crippen molar-refractivity contribution in [1.29, 1.82) is 0 Å². The number of tetrazole rings is 1. The quantitative estimate of drug-likeness (QED) is 0.374. The Morgan fingerprint density at radius 2 is 1.73 bits per heavy atom. The van der Waals surface area contributed by atoms with Crippen LogP contribution in [0.3, 0.4) is 0 Å². The van der Waals surface area contributed by atoms with E-state index in [1.54, 1.807) is 24.3 Å². The smallest absolute Gasteiger partial charge is 0.269 e. The van der Waals surface area contributed by atoms with Gasteiger partial charge in [0.1, 0.15) is 6.04 Å². The van der Waals surface area contributed by atoms with Crippen molar-refractivity contribution in [3.63, 3.8) is 0 Å². The van der Waals surface area contributed by atoms with Crippen LogP contribution in [0.5, 0.6) is 0 Å². The first-order chi connectivity index (χ1) is 16.1. The van der Waals surface area contributed by atoms with Gasteiger partial charge in [0, 0.05) is 24.2 Å². The van der Waals surface area contributed by atoms with Crippen molar-refractivity contribution in [3.8, 4) is 5.69 Å². The van der Waals surface area contributed by atoms with Crippen LogP contribution in [0.2, 0.25) is 0 Å². The molecule has 10 heteroatoms. The molecule has 5 rings (SSSR count). The molecule has 10 nitrogen and oxygen atoms in total. The van der Waals surface area contributed by atoms with Crippen LogP contribution < -0.4 is 5.43 Å². The van der Waals surface area contributed by atoms with E-state index in [1.165, 1.54) is 16.8 Å². The maximum Gasteiger partial charge on any atom is 0.269 e. The molecule has 164 valence electrons. The zero-order valence-electron chi connectivity index (χ0n) is 17.4. The Balaban J connectivity index is 1.54. The molecule has 33 heavy (non-hydrogen) atoms. The van der Waals surface area contributed by atoms with Crippen molar-refractivity contribution in [2.24, 2.45) is 0 Å². The molecule has 0 saturated carbocycles. The summed E-state index contributed by atoms with van der Waals surface area (Å²) >= 11 is 0. The summed E-state index contributed by atoms with van der Waals surface area (Å²) in [4.78, 5) is 23.5. The Bertz CT molecular complexity index is 1310. The Labute approximate surface area is 188 Å². The summed E-state index contributed by atoms with van der Waals surface area (Å²) in [6, 6.07) is 22.5. The van der Waals surface area contributed by atoms with Crippen LogP contribution in [0.4, 0.5) is 5.69 Å². The molecule has 1 aromatic heterocycles. The van der Waals surface area contributed by atoms with Crippen LogP contribution in [0.1, 0.15) is 33.4 Å². The average molecular weight is 441 g/mol. The Hall–Kier alpha value is -4.44. The lowest BCUT2D eigenvalue weighted by atomic mass is 9.93. The van der Waals surface area contributed by atoms with Crippen molar-refractivity contribution in [3.05, 3.63) is 111 Å². The summed E-state index contributed by atoms with van der Waals surface area (Å²) in [5, 5.41) is 25.1. The van der Waals surface area contributed by atoms with E-state index in [1.807, 2.05) is 41.4 Å². The number of carbonyl (C=O) groups excluding carboxylic acids is 1. The number of amides is 1. The highest BCUT2D eigenvalue weighted by molar-refractivity contribution is 5.93. The summed E-state index contributed by atoms with van der Waals surface area (Å²) < 4.78 is 1.54. The molecule has 1 N–H and O–H groups in total. The highest BCUT2D eigenvalue weighted by atomic mass is 16.6. The summed E-state index contributed by atoms with van der Waals surface area (Å²) in [6.07, 6.45) is 0.751. The fourth-order valence-corrected chi connectivity index (χ4v) is 4.01. The largest absolute Gasteiger partial charge is 0.284 e. The maximum atomic E-state index is 12.9. The second-order valence-corrected chi connectivity index (χ2v) is 7.57. The average Bonchev–Trinajstić information content (AvgIpc) is 3.34. The van der Waals surface area contributed by atoms with E-state index in [4.69, 9.17) is 0 Å². The molecule has 1 atom stereocenters. The third kappa shape index (κ3) is 3.94. The lowest BCUT2D eigenvalue weighted by Crippen LogP contribution is -2.49. The van der Waals surface area contributed by atoms with Gasteiger partial charge in [-0.3, -0.25) is 20.3 Å². The van der Waals surface area contributed by atoms with Crippen LogP contribution in [0.25, 0.3) is 5.69 Å². The molecule has 0 radical (unpaired) electrons. The third-order valence-corrected chi connectivity index (χ3v) is 5.61. The van der Waals surface area contributed by atoms with Gasteiger partial charge in [0.15, 0.2) is 5.82 Å². The maximum absolute atomic E-state index is 12.9. The Kier molecular flexibility index (Phi) is 5.33. The standard InChI is InChI=1S/C23H19N7O3/c31-23(17-7-2-1-3-8-17)25-28-15-14-16-6-4-5-9-20(16)21(28)22-24-26-27-29(22)18-10-12-19(13-11-18)30(32)33/h1-13,21H,14-15H2,(H,25,31). The van der Waals surface area contributed by atoms with Crippen LogP contribution in [-0.4, -0.2) is 42.6 Å². The Morgan fingerprint density at radius 3 is 2.48 bits per heavy atom. The first-order valence-corrected chi connectivity index (χ1v) is 10.4. The van der Waals surface area contributed by atoms with Gasteiger partial charge in [-0.05, 0) is 52.2 Å². The number of rotatable bonds is 5. The van der Waals surface area contributed by atoms with E-state index < -0.39 is 11.0 Å². The molecule has 0 aliphatic carbocycles. The third-order valence-electron chi connectivity index (χ3n) is 5.61. The van der Waals surface area contributed by atoms with Gasteiger partial charge in [-0.25, -0.2) is 5.01 Å². The fourth-order valence-electron chi connectivity index (χ4n) is 4.01. The lowest BCUT2D eigenvalue weighted by Gasteiger charge is -2.36. The number of hydrazine groups is 1. The van der Waals surface area contributed by atoms with Gasteiger partial charge < -0.3 is 0 Å². The molecular formula is C23H19N7O3. The van der Waals surface area contributed by atoms with Crippen molar-refractivity contribution in [2.45, 2.75) is 12.5 Å². The second-order valence-electron chi connectivity index (χ2n) is 7.57. The fraction of sp³-hybridized carbons (Fsp3) is 0.130. The van der Waals surface area contributed by atoms with E-state index in [0.29, 0.717) is 23.6 Å². The molecule has 4 aromatic rings. The number of aromatic nitrogens is 4. The SMILES string of the molecule is O=C(NN1CCc2ccccc2C1c1nnnn1-c1ccc([N+](=O)[O-])cc1)c1ccccc1. The summed E-state index contributed by atoms with van der Waals surface area (Å²) in [5.41, 5.74) is 6.25. The van der Waals surface area contributed by atoms with Gasteiger partial charge in [0.25, 0.3) is 11.6 Å². The number of non-ortho nitro benzene ring substituents is 1. The second kappa shape index (κ2) is 8.60. The van der Waals surface area contributed by atoms with Crippen molar-refractivity contribution >= 4 is 11.6 Å². The molecular weight excluding hydrogens is 422 g/mol. The van der Waals surface area contributed by atoms with Crippen molar-refractivity contribution < 1.29 is 9.72 Å². The minimum atomic E-state index is -0.456. The molecule has 0 fully saturated rings. The first-order valence-electron chi connectivity index (χ1n) is 10.4. The topological polar surface area (TPSA) is 119 Å². The molecule has 2 heterocycles. The van der Waals surface area contributed by atoms with Gasteiger partial charge in [0.05, 0.1) is 10.6 Å². The van der Waals surface area contributed by atoms with E-state index in [9.17, 15) is 14.9 Å². The summed E-state index contributed by atoms with van der Waals surface area (Å²) in [7, 11) is 0. The zero-order valence-corrected chi connectivity index (χ0v) is 17.4. The van der Waals surface area contributed by atoms with Crippen molar-refractivity contribution in [1.82, 2.24) is 30.6 Å². The molecule has 1 aliphatic rings. The Morgan fingerprint density at radius 1 is 1.00 bits per heavy atom. The predicted octanol–water partition coefficient (Wildman–Crippen LogP) is 2.86. The first kappa shape index (κ1) is 20.5. The monoisotopic (exact) mass is 441 g/mol. The number of fused-ring (bicyclic) bond motifs is 1. The van der Waals surface area contributed by atoms with Crippen LogP contribution >= 0.6 is 0 Å². The van der Waals surface area contributed by atoms with Crippen LogP contribution in [0, 0.1) is 10.1 Å². The van der Waals surface area contributed by atoms with Crippen LogP contribution in [-0.2, 0) is 6.42 Å². The van der Waals surface area contributed by atoms with Gasteiger partial charge in [-0.1, -0.05) is 42.5 Å². The number of nitrogens with one attached hydrogen (secondary N) is 1. The highest BCUT2D eigenvalue weighted by Crippen LogP contribution is 2.33. The molecule has 3 aromatic carbocycles. The number of carbonyl (C=O) groups is 1. The van der Waals surface area contributed by atoms with Gasteiger partial charge in [-0.2, -0.15) is 4.68 Å². The van der Waals surface area contributed by atoms with E-state index in [-0.39, 0.29) is 11.6 Å². The number of nitrogens with zero attached hydrogens (tertiary/aromatic N) is 6. The molecule has 0 bridgehead atoms. The number of hydrogen-bond acceptors (Lipinski definition) is 7. The van der Waals surface area contributed by atoms with Gasteiger partial charge in [0.2, 0.25) is 0 Å². The van der Waals surface area contributed by atoms with Crippen molar-refractivity contribution in [2.75, 3.05) is 6.54 Å². The predicted molar refractivity (Wildman–Crippen MR) is 118 cm³/mol. The van der Waals surface area contributed by atoms with E-state index in [2.05, 4.69) is 27.0 Å². The molecule has 1 amide bonds. The highest BCUT2D eigenvalue weighted by Gasteiger charge is 2.34. The van der Waals surface area contributed by atoms with Gasteiger partial charge in [-0.15, -0.1) is 5.10 Å². The number of nitro benzene ring substituents is 1. The summed E-state index contributed by atoms with van der Waals surface area (Å²) in [5.74, 6) is 0.263. The molecule has 1 aliphatic heterocycles. The zero-order chi connectivity index (χ0) is 22.8. The molecule has 0 spiro atoms. The number of nitro groups is 1. The van der Waals surface area contributed by atoms with E-state index in [0.717, 1.165) is 17.5 Å². The lowest BCUT2D eigenvalue weighted by molar-refractivity contribution is -0.384. The summed E-state index contributed by atoms with van der Waals surface area (Å²) in [6.45, 7) is 0.563. The van der Waals surface area contributed by atoms with Crippen LogP contribution in [0.15, 0.2) is 78.9 Å². The molecule has 0 saturated heterocycles. The number of hydrogen-bond donors (Lipinski definition) is 1. The van der Waals surface area contributed by atoms with Gasteiger partial charge >= 0.3 is 0 Å². The minimum absolute atomic E-state index is 0.0202. The molecule has 1 unspecified atom stereocenters. The normalized spacial score (nSPS) is 15.6. The number of benzene rings is 3. The van der Waals surface area contributed by atoms with E-state index >= 15 is 0 Å².